The monoisotopic (exact) mass is 296 g/mol. The van der Waals surface area contributed by atoms with Crippen molar-refractivity contribution in [1.29, 1.82) is 0 Å². The highest BCUT2D eigenvalue weighted by atomic mass is 32.2. The minimum absolute atomic E-state index is 0.583. The Morgan fingerprint density at radius 3 is 2.67 bits per heavy atom. The van der Waals surface area contributed by atoms with Gasteiger partial charge in [0.05, 0.1) is 12.6 Å². The summed E-state index contributed by atoms with van der Waals surface area (Å²) < 4.78 is 5.21. The van der Waals surface area contributed by atoms with E-state index in [1.807, 2.05) is 36.4 Å². The Balaban J connectivity index is 1.87. The number of benzene rings is 2. The summed E-state index contributed by atoms with van der Waals surface area (Å²) in [6, 6.07) is 18.2. The Labute approximate surface area is 128 Å². The Morgan fingerprint density at radius 2 is 1.90 bits per heavy atom. The van der Waals surface area contributed by atoms with Crippen molar-refractivity contribution in [3.8, 4) is 5.75 Å². The van der Waals surface area contributed by atoms with Gasteiger partial charge in [0, 0.05) is 27.7 Å². The lowest BCUT2D eigenvalue weighted by Crippen LogP contribution is -1.97. The Hall–Kier alpha value is -2.20. The molecule has 3 aromatic rings. The molecule has 1 heterocycles. The summed E-state index contributed by atoms with van der Waals surface area (Å²) in [6.45, 7) is 0. The number of ether oxygens (including phenoxy) is 1. The highest BCUT2D eigenvalue weighted by molar-refractivity contribution is 7.98. The first-order valence-corrected chi connectivity index (χ1v) is 7.66. The second kappa shape index (κ2) is 6.06. The molecule has 2 N–H and O–H groups in total. The fourth-order valence-corrected chi connectivity index (χ4v) is 3.03. The molecule has 0 saturated heterocycles. The van der Waals surface area contributed by atoms with Gasteiger partial charge in [0.2, 0.25) is 0 Å². The first kappa shape index (κ1) is 13.8. The number of nitrogens with two attached hydrogens (primary N) is 1. The zero-order valence-electron chi connectivity index (χ0n) is 11.7. The van der Waals surface area contributed by atoms with Crippen LogP contribution < -0.4 is 10.5 Å². The second-order valence-corrected chi connectivity index (χ2v) is 5.74. The van der Waals surface area contributed by atoms with E-state index in [1.54, 1.807) is 18.9 Å². The van der Waals surface area contributed by atoms with Gasteiger partial charge in [0.15, 0.2) is 0 Å². The number of thioether (sulfide) groups is 1. The van der Waals surface area contributed by atoms with Crippen molar-refractivity contribution < 1.29 is 4.74 Å². The molecule has 21 heavy (non-hydrogen) atoms. The largest absolute Gasteiger partial charge is 0.497 e. The maximum Gasteiger partial charge on any atom is 0.128 e. The van der Waals surface area contributed by atoms with E-state index in [-0.39, 0.29) is 0 Å². The maximum absolute atomic E-state index is 6.08. The van der Waals surface area contributed by atoms with Crippen LogP contribution in [0.5, 0.6) is 5.75 Å². The summed E-state index contributed by atoms with van der Waals surface area (Å²) in [4.78, 5) is 5.71. The average molecular weight is 296 g/mol. The molecular formula is C17H16N2OS. The summed E-state index contributed by atoms with van der Waals surface area (Å²) in [5.41, 5.74) is 8.00. The van der Waals surface area contributed by atoms with E-state index in [0.717, 1.165) is 28.0 Å². The lowest BCUT2D eigenvalue weighted by atomic mass is 10.1. The van der Waals surface area contributed by atoms with Crippen molar-refractivity contribution in [3.05, 3.63) is 60.2 Å². The third-order valence-corrected chi connectivity index (χ3v) is 4.34. The van der Waals surface area contributed by atoms with Gasteiger partial charge in [-0.3, -0.25) is 0 Å². The minimum Gasteiger partial charge on any atom is -0.497 e. The van der Waals surface area contributed by atoms with Gasteiger partial charge in [-0.1, -0.05) is 18.2 Å². The average Bonchev–Trinajstić information content (AvgIpc) is 2.53. The predicted molar refractivity (Wildman–Crippen MR) is 88.7 cm³/mol. The second-order valence-electron chi connectivity index (χ2n) is 4.69. The molecule has 3 nitrogen and oxygen atoms in total. The zero-order valence-corrected chi connectivity index (χ0v) is 12.6. The molecule has 0 fully saturated rings. The van der Waals surface area contributed by atoms with Gasteiger partial charge < -0.3 is 10.5 Å². The van der Waals surface area contributed by atoms with E-state index in [4.69, 9.17) is 10.5 Å². The van der Waals surface area contributed by atoms with Crippen molar-refractivity contribution in [1.82, 2.24) is 4.98 Å². The van der Waals surface area contributed by atoms with Gasteiger partial charge in [-0.2, -0.15) is 0 Å². The maximum atomic E-state index is 6.08. The highest BCUT2D eigenvalue weighted by Gasteiger charge is 2.06. The predicted octanol–water partition coefficient (Wildman–Crippen LogP) is 4.12. The molecule has 0 saturated carbocycles. The van der Waals surface area contributed by atoms with E-state index >= 15 is 0 Å². The molecule has 0 aliphatic carbocycles. The first-order chi connectivity index (χ1) is 10.3. The van der Waals surface area contributed by atoms with Gasteiger partial charge in [0.25, 0.3) is 0 Å². The zero-order chi connectivity index (χ0) is 14.7. The van der Waals surface area contributed by atoms with Crippen LogP contribution in [-0.2, 0) is 5.75 Å². The van der Waals surface area contributed by atoms with E-state index in [1.165, 1.54) is 4.90 Å². The molecule has 0 atom stereocenters. The molecule has 4 heteroatoms. The highest BCUT2D eigenvalue weighted by Crippen LogP contribution is 2.28. The Morgan fingerprint density at radius 1 is 1.10 bits per heavy atom. The molecule has 3 rings (SSSR count). The van der Waals surface area contributed by atoms with Gasteiger partial charge in [-0.15, -0.1) is 11.8 Å². The standard InChI is InChI=1S/C17H16N2OS/c1-20-14-8-7-12-9-13(17(18)19-16(12)10-14)11-21-15-5-3-2-4-6-15/h2-10H,11H2,1H3,(H2,18,19). The van der Waals surface area contributed by atoms with Gasteiger partial charge in [0.1, 0.15) is 11.6 Å². The third kappa shape index (κ3) is 3.11. The van der Waals surface area contributed by atoms with Crippen molar-refractivity contribution in [2.24, 2.45) is 0 Å². The van der Waals surface area contributed by atoms with Crippen LogP contribution in [0.3, 0.4) is 0 Å². The number of nitrogen functional groups attached to an aromatic ring is 1. The van der Waals surface area contributed by atoms with E-state index in [0.29, 0.717) is 5.82 Å². The molecule has 0 radical (unpaired) electrons. The number of fused-ring (bicyclic) bond motifs is 1. The molecule has 2 aromatic carbocycles. The van der Waals surface area contributed by atoms with Gasteiger partial charge >= 0.3 is 0 Å². The van der Waals surface area contributed by atoms with Crippen LogP contribution >= 0.6 is 11.8 Å². The summed E-state index contributed by atoms with van der Waals surface area (Å²) in [7, 11) is 1.65. The van der Waals surface area contributed by atoms with Crippen molar-refractivity contribution in [2.45, 2.75) is 10.6 Å². The summed E-state index contributed by atoms with van der Waals surface area (Å²) in [6.07, 6.45) is 0. The van der Waals surface area contributed by atoms with E-state index in [2.05, 4.69) is 23.2 Å². The molecule has 106 valence electrons. The SMILES string of the molecule is COc1ccc2cc(CSc3ccccc3)c(N)nc2c1. The number of nitrogens with zero attached hydrogens (tertiary/aromatic N) is 1. The van der Waals surface area contributed by atoms with Crippen LogP contribution in [-0.4, -0.2) is 12.1 Å². The molecule has 0 unspecified atom stereocenters. The minimum atomic E-state index is 0.583. The van der Waals surface area contributed by atoms with Crippen LogP contribution in [0, 0.1) is 0 Å². The molecular weight excluding hydrogens is 280 g/mol. The number of rotatable bonds is 4. The number of anilines is 1. The molecule has 0 amide bonds. The summed E-state index contributed by atoms with van der Waals surface area (Å²) in [5.74, 6) is 2.19. The smallest absolute Gasteiger partial charge is 0.128 e. The summed E-state index contributed by atoms with van der Waals surface area (Å²) in [5, 5.41) is 1.08. The third-order valence-electron chi connectivity index (χ3n) is 3.27. The van der Waals surface area contributed by atoms with Crippen molar-refractivity contribution in [2.75, 3.05) is 12.8 Å². The topological polar surface area (TPSA) is 48.1 Å². The quantitative estimate of drug-likeness (QED) is 0.736. The van der Waals surface area contributed by atoms with Crippen LogP contribution in [0.1, 0.15) is 5.56 Å². The molecule has 0 spiro atoms. The number of pyridine rings is 1. The number of hydrogen-bond donors (Lipinski definition) is 1. The van der Waals surface area contributed by atoms with Crippen molar-refractivity contribution in [3.63, 3.8) is 0 Å². The van der Waals surface area contributed by atoms with Crippen molar-refractivity contribution >= 4 is 28.5 Å². The van der Waals surface area contributed by atoms with Crippen LogP contribution in [0.25, 0.3) is 10.9 Å². The van der Waals surface area contributed by atoms with E-state index < -0.39 is 0 Å². The summed E-state index contributed by atoms with van der Waals surface area (Å²) >= 11 is 1.76. The molecule has 0 aliphatic heterocycles. The number of aromatic nitrogens is 1. The fraction of sp³-hybridized carbons (Fsp3) is 0.118. The van der Waals surface area contributed by atoms with Crippen LogP contribution in [0.2, 0.25) is 0 Å². The Bertz CT molecular complexity index is 759. The Kier molecular flexibility index (Phi) is 3.97. The fourth-order valence-electron chi connectivity index (χ4n) is 2.13. The van der Waals surface area contributed by atoms with Gasteiger partial charge in [-0.05, 0) is 30.3 Å². The molecule has 0 bridgehead atoms. The first-order valence-electron chi connectivity index (χ1n) is 6.67. The lowest BCUT2D eigenvalue weighted by molar-refractivity contribution is 0.415. The normalized spacial score (nSPS) is 10.7. The molecule has 0 aliphatic rings. The van der Waals surface area contributed by atoms with E-state index in [9.17, 15) is 0 Å². The molecule has 1 aromatic heterocycles. The number of methoxy groups -OCH3 is 1. The van der Waals surface area contributed by atoms with Gasteiger partial charge in [-0.25, -0.2) is 4.98 Å². The lowest BCUT2D eigenvalue weighted by Gasteiger charge is -2.08. The van der Waals surface area contributed by atoms with Crippen LogP contribution in [0.15, 0.2) is 59.5 Å². The number of hydrogen-bond acceptors (Lipinski definition) is 4. The van der Waals surface area contributed by atoms with Crippen LogP contribution in [0.4, 0.5) is 5.82 Å².